The van der Waals surface area contributed by atoms with Crippen molar-refractivity contribution >= 4 is 11.8 Å². The highest BCUT2D eigenvalue weighted by molar-refractivity contribution is 5.86. The van der Waals surface area contributed by atoms with Crippen LogP contribution in [0.25, 0.3) is 0 Å². The molecule has 0 fully saturated rings. The van der Waals surface area contributed by atoms with Gasteiger partial charge < -0.3 is 15.4 Å². The lowest BCUT2D eigenvalue weighted by molar-refractivity contribution is -0.129. The largest absolute Gasteiger partial charge is 0.382 e. The van der Waals surface area contributed by atoms with Crippen molar-refractivity contribution in [3.8, 4) is 0 Å². The molecule has 0 aromatic rings. The Kier molecular flexibility index (Phi) is 13.1. The fourth-order valence-electron chi connectivity index (χ4n) is 2.19. The number of unbranched alkanes of at least 4 members (excludes halogenated alkanes) is 7. The molecule has 0 unspecified atom stereocenters. The van der Waals surface area contributed by atoms with Gasteiger partial charge in [-0.3, -0.25) is 9.59 Å². The van der Waals surface area contributed by atoms with Crippen molar-refractivity contribution in [3.05, 3.63) is 0 Å². The van der Waals surface area contributed by atoms with Crippen molar-refractivity contribution < 1.29 is 14.3 Å². The molecule has 0 spiro atoms. The molecule has 0 aromatic carbocycles. The summed E-state index contributed by atoms with van der Waals surface area (Å²) >= 11 is 0. The van der Waals surface area contributed by atoms with E-state index in [1.54, 1.807) is 0 Å². The Labute approximate surface area is 129 Å². The molecule has 0 saturated carbocycles. The van der Waals surface area contributed by atoms with Crippen LogP contribution in [0.2, 0.25) is 0 Å². The summed E-state index contributed by atoms with van der Waals surface area (Å²) in [6, 6.07) is -0.596. The zero-order chi connectivity index (χ0) is 15.9. The minimum Gasteiger partial charge on any atom is -0.382 e. The van der Waals surface area contributed by atoms with Crippen molar-refractivity contribution in [3.63, 3.8) is 0 Å². The number of ether oxygens (including phenoxy) is 1. The molecule has 5 nitrogen and oxygen atoms in total. The van der Waals surface area contributed by atoms with Gasteiger partial charge in [-0.25, -0.2) is 0 Å². The van der Waals surface area contributed by atoms with Gasteiger partial charge in [-0.1, -0.05) is 51.9 Å². The standard InChI is InChI=1S/C16H32N2O3/c1-4-5-6-7-8-9-10-11-12-17-16(20)15(13-21-3)18-14(2)19/h15H,4-13H2,1-3H3,(H,17,20)(H,18,19)/t15-/m1/s1. The topological polar surface area (TPSA) is 67.4 Å². The van der Waals surface area contributed by atoms with Crippen LogP contribution in [0.5, 0.6) is 0 Å². The molecular weight excluding hydrogens is 268 g/mol. The Morgan fingerprint density at radius 1 is 1.00 bits per heavy atom. The van der Waals surface area contributed by atoms with Crippen LogP contribution < -0.4 is 10.6 Å². The molecule has 2 amide bonds. The van der Waals surface area contributed by atoms with E-state index >= 15 is 0 Å². The van der Waals surface area contributed by atoms with Crippen LogP contribution in [0.4, 0.5) is 0 Å². The van der Waals surface area contributed by atoms with E-state index < -0.39 is 6.04 Å². The van der Waals surface area contributed by atoms with E-state index in [1.165, 1.54) is 52.6 Å². The van der Waals surface area contributed by atoms with Gasteiger partial charge in [-0.15, -0.1) is 0 Å². The number of nitrogens with one attached hydrogen (secondary N) is 2. The summed E-state index contributed by atoms with van der Waals surface area (Å²) in [7, 11) is 1.51. The third kappa shape index (κ3) is 12.4. The van der Waals surface area contributed by atoms with E-state index in [9.17, 15) is 9.59 Å². The second-order valence-electron chi connectivity index (χ2n) is 5.47. The van der Waals surface area contributed by atoms with Gasteiger partial charge in [0.1, 0.15) is 6.04 Å². The fourth-order valence-corrected chi connectivity index (χ4v) is 2.19. The van der Waals surface area contributed by atoms with E-state index in [4.69, 9.17) is 4.74 Å². The highest BCUT2D eigenvalue weighted by Crippen LogP contribution is 2.07. The minimum atomic E-state index is -0.596. The molecule has 0 aliphatic heterocycles. The second-order valence-corrected chi connectivity index (χ2v) is 5.47. The Hall–Kier alpha value is -1.10. The van der Waals surface area contributed by atoms with Crippen molar-refractivity contribution in [2.24, 2.45) is 0 Å². The molecule has 1 atom stereocenters. The third-order valence-corrected chi connectivity index (χ3v) is 3.36. The number of hydrogen-bond acceptors (Lipinski definition) is 3. The minimum absolute atomic E-state index is 0.171. The van der Waals surface area contributed by atoms with Crippen molar-refractivity contribution in [1.29, 1.82) is 0 Å². The molecule has 124 valence electrons. The van der Waals surface area contributed by atoms with Crippen molar-refractivity contribution in [2.45, 2.75) is 71.3 Å². The van der Waals surface area contributed by atoms with Crippen molar-refractivity contribution in [2.75, 3.05) is 20.3 Å². The molecule has 2 N–H and O–H groups in total. The van der Waals surface area contributed by atoms with Gasteiger partial charge in [0.25, 0.3) is 0 Å². The van der Waals surface area contributed by atoms with Crippen LogP contribution in [0.15, 0.2) is 0 Å². The van der Waals surface area contributed by atoms with Crippen LogP contribution in [0, 0.1) is 0 Å². The van der Waals surface area contributed by atoms with Gasteiger partial charge in [0.15, 0.2) is 0 Å². The lowest BCUT2D eigenvalue weighted by Gasteiger charge is -2.16. The van der Waals surface area contributed by atoms with Crippen molar-refractivity contribution in [1.82, 2.24) is 10.6 Å². The molecule has 5 heteroatoms. The first-order valence-electron chi connectivity index (χ1n) is 8.15. The van der Waals surface area contributed by atoms with E-state index in [2.05, 4.69) is 17.6 Å². The molecular formula is C16H32N2O3. The Bertz CT molecular complexity index is 283. The lowest BCUT2D eigenvalue weighted by atomic mass is 10.1. The van der Waals surface area contributed by atoms with Gasteiger partial charge in [0, 0.05) is 20.6 Å². The molecule has 0 rings (SSSR count). The van der Waals surface area contributed by atoms with Crippen LogP contribution in [-0.4, -0.2) is 38.1 Å². The smallest absolute Gasteiger partial charge is 0.244 e. The quantitative estimate of drug-likeness (QED) is 0.513. The first-order valence-corrected chi connectivity index (χ1v) is 8.15. The van der Waals surface area contributed by atoms with Gasteiger partial charge in [0.05, 0.1) is 6.61 Å². The molecule has 0 aliphatic carbocycles. The second kappa shape index (κ2) is 13.9. The highest BCUT2D eigenvalue weighted by Gasteiger charge is 2.18. The SMILES string of the molecule is CCCCCCCCCCNC(=O)[C@@H](COC)NC(C)=O. The Balaban J connectivity index is 3.60. The monoisotopic (exact) mass is 300 g/mol. The van der Waals surface area contributed by atoms with Crippen LogP contribution in [-0.2, 0) is 14.3 Å². The van der Waals surface area contributed by atoms with Crippen LogP contribution in [0.1, 0.15) is 65.2 Å². The van der Waals surface area contributed by atoms with Gasteiger partial charge in [-0.05, 0) is 6.42 Å². The number of rotatable bonds is 13. The number of carbonyl (C=O) groups excluding carboxylic acids is 2. The maximum atomic E-state index is 11.9. The van der Waals surface area contributed by atoms with E-state index in [0.717, 1.165) is 12.8 Å². The average Bonchev–Trinajstić information content (AvgIpc) is 2.44. The maximum Gasteiger partial charge on any atom is 0.244 e. The summed E-state index contributed by atoms with van der Waals surface area (Å²) in [5.41, 5.74) is 0. The van der Waals surface area contributed by atoms with Gasteiger partial charge in [-0.2, -0.15) is 0 Å². The summed E-state index contributed by atoms with van der Waals surface area (Å²) in [6.07, 6.45) is 9.91. The van der Waals surface area contributed by atoms with Crippen LogP contribution in [0.3, 0.4) is 0 Å². The Morgan fingerprint density at radius 3 is 2.10 bits per heavy atom. The number of methoxy groups -OCH3 is 1. The molecule has 0 bridgehead atoms. The maximum absolute atomic E-state index is 11.9. The predicted octanol–water partition coefficient (Wildman–Crippen LogP) is 2.39. The zero-order valence-corrected chi connectivity index (χ0v) is 13.9. The summed E-state index contributed by atoms with van der Waals surface area (Å²) < 4.78 is 4.94. The van der Waals surface area contributed by atoms with E-state index in [1.807, 2.05) is 0 Å². The van der Waals surface area contributed by atoms with Gasteiger partial charge in [0.2, 0.25) is 11.8 Å². The third-order valence-electron chi connectivity index (χ3n) is 3.36. The highest BCUT2D eigenvalue weighted by atomic mass is 16.5. The number of amides is 2. The molecule has 0 aromatic heterocycles. The normalized spacial score (nSPS) is 12.0. The molecule has 0 radical (unpaired) electrons. The lowest BCUT2D eigenvalue weighted by Crippen LogP contribution is -2.48. The summed E-state index contributed by atoms with van der Waals surface area (Å²) in [5.74, 6) is -0.394. The summed E-state index contributed by atoms with van der Waals surface area (Å²) in [4.78, 5) is 22.9. The molecule has 0 aliphatic rings. The van der Waals surface area contributed by atoms with Gasteiger partial charge >= 0.3 is 0 Å². The summed E-state index contributed by atoms with van der Waals surface area (Å²) in [5, 5.41) is 5.44. The van der Waals surface area contributed by atoms with Crippen LogP contribution >= 0.6 is 0 Å². The molecule has 0 saturated heterocycles. The predicted molar refractivity (Wildman–Crippen MR) is 85.1 cm³/mol. The summed E-state index contributed by atoms with van der Waals surface area (Å²) in [6.45, 7) is 4.48. The molecule has 0 heterocycles. The number of carbonyl (C=O) groups is 2. The Morgan fingerprint density at radius 2 is 1.57 bits per heavy atom. The fraction of sp³-hybridized carbons (Fsp3) is 0.875. The first-order chi connectivity index (χ1) is 10.1. The zero-order valence-electron chi connectivity index (χ0n) is 13.9. The average molecular weight is 300 g/mol. The first kappa shape index (κ1) is 19.9. The molecule has 21 heavy (non-hydrogen) atoms. The number of hydrogen-bond donors (Lipinski definition) is 2. The van der Waals surface area contributed by atoms with E-state index in [0.29, 0.717) is 6.54 Å². The van der Waals surface area contributed by atoms with E-state index in [-0.39, 0.29) is 18.4 Å².